The lowest BCUT2D eigenvalue weighted by Crippen LogP contribution is -2.43. The van der Waals surface area contributed by atoms with Crippen LogP contribution in [-0.4, -0.2) is 25.1 Å². The lowest BCUT2D eigenvalue weighted by molar-refractivity contribution is -0.300. The van der Waals surface area contributed by atoms with Crippen LogP contribution in [0.3, 0.4) is 0 Å². The van der Waals surface area contributed by atoms with Crippen LogP contribution >= 0.6 is 23.1 Å². The smallest absolute Gasteiger partial charge is 0.280 e. The van der Waals surface area contributed by atoms with Crippen molar-refractivity contribution in [1.29, 1.82) is 0 Å². The zero-order valence-electron chi connectivity index (χ0n) is 9.45. The molecule has 0 bridgehead atoms. The van der Waals surface area contributed by atoms with Gasteiger partial charge in [0, 0.05) is 6.66 Å². The van der Waals surface area contributed by atoms with E-state index in [1.165, 1.54) is 0 Å². The van der Waals surface area contributed by atoms with Gasteiger partial charge in [-0.2, -0.15) is 43.8 Å². The Labute approximate surface area is 110 Å². The molecule has 0 aromatic rings. The first-order valence-electron chi connectivity index (χ1n) is 4.45. The summed E-state index contributed by atoms with van der Waals surface area (Å²) in [6.45, 7) is 0.226. The largest absolute Gasteiger partial charge is 0.424 e. The van der Waals surface area contributed by atoms with Gasteiger partial charge in [0.05, 0.1) is 0 Å². The van der Waals surface area contributed by atoms with Crippen LogP contribution in [0.15, 0.2) is 13.5 Å². The first-order valence-corrected chi connectivity index (χ1v) is 9.46. The minimum Gasteiger partial charge on any atom is -0.280 e. The monoisotopic (exact) mass is 393 g/mol. The minimum absolute atomic E-state index is 0.226. The fraction of sp³-hybridized carbons (Fsp3) is 1.00. The van der Waals surface area contributed by atoms with Gasteiger partial charge in [-0.05, 0) is 0 Å². The summed E-state index contributed by atoms with van der Waals surface area (Å²) in [5.74, 6) is 0. The van der Waals surface area contributed by atoms with Gasteiger partial charge in [-0.3, -0.25) is 4.52 Å². The molecule has 0 aliphatic carbocycles. The van der Waals surface area contributed by atoms with Gasteiger partial charge in [-0.15, -0.1) is 12.9 Å². The van der Waals surface area contributed by atoms with Crippen molar-refractivity contribution in [1.82, 2.24) is 0 Å². The first-order chi connectivity index (χ1) is 8.96. The zero-order chi connectivity index (χ0) is 16.9. The highest BCUT2D eigenvalue weighted by Gasteiger charge is 2.61. The van der Waals surface area contributed by atoms with Crippen molar-refractivity contribution >= 4 is 23.1 Å². The highest BCUT2D eigenvalue weighted by molar-refractivity contribution is 7.79. The Morgan fingerprint density at radius 2 is 1.24 bits per heavy atom. The van der Waals surface area contributed by atoms with Crippen LogP contribution in [0.1, 0.15) is 0 Å². The molecule has 17 heteroatoms. The number of nitrogens with zero attached hydrogens (tertiary/aromatic N) is 3. The molecule has 0 aromatic carbocycles. The SMILES string of the molecule is CP1(F)=NP(F)(F)=NP(F)(OC(C(F)(F)F)C(F)(F)F)=N1. The second-order valence-electron chi connectivity index (χ2n) is 3.58. The quantitative estimate of drug-likeness (QED) is 0.370. The van der Waals surface area contributed by atoms with Crippen LogP contribution in [0.2, 0.25) is 0 Å². The summed E-state index contributed by atoms with van der Waals surface area (Å²) in [5, 5.41) is 0. The molecule has 126 valence electrons. The summed E-state index contributed by atoms with van der Waals surface area (Å²) in [7, 11) is -17.2. The Bertz CT molecular complexity index is 558. The molecule has 1 rings (SSSR count). The molecule has 0 radical (unpaired) electrons. The minimum atomic E-state index is -6.17. The molecule has 0 saturated carbocycles. The molecular formula is C4H4F10N3OP3. The summed E-state index contributed by atoms with van der Waals surface area (Å²) in [6, 6.07) is 0. The molecule has 1 heterocycles. The highest BCUT2D eigenvalue weighted by Crippen LogP contribution is 2.80. The molecule has 1 aliphatic rings. The van der Waals surface area contributed by atoms with E-state index in [0.717, 1.165) is 0 Å². The van der Waals surface area contributed by atoms with Crippen LogP contribution in [0.25, 0.3) is 0 Å². The van der Waals surface area contributed by atoms with Gasteiger partial charge in [0.1, 0.15) is 0 Å². The summed E-state index contributed by atoms with van der Waals surface area (Å²) in [4.78, 5) is 0. The average molecular weight is 393 g/mol. The molecule has 0 spiro atoms. The van der Waals surface area contributed by atoms with Crippen LogP contribution in [0.5, 0.6) is 0 Å². The van der Waals surface area contributed by atoms with Gasteiger partial charge >= 0.3 is 27.9 Å². The molecule has 0 aromatic heterocycles. The first kappa shape index (κ1) is 19.0. The van der Waals surface area contributed by atoms with Crippen molar-refractivity contribution < 1.29 is 47.7 Å². The van der Waals surface area contributed by atoms with Gasteiger partial charge in [0.25, 0.3) is 6.10 Å². The fourth-order valence-electron chi connectivity index (χ4n) is 1.07. The molecule has 0 fully saturated rings. The van der Waals surface area contributed by atoms with Crippen molar-refractivity contribution in [3.63, 3.8) is 0 Å². The van der Waals surface area contributed by atoms with E-state index in [2.05, 4.69) is 13.6 Å². The molecule has 21 heavy (non-hydrogen) atoms. The molecule has 0 N–H and O–H groups in total. The lowest BCUT2D eigenvalue weighted by atomic mass is 10.3. The van der Waals surface area contributed by atoms with Crippen molar-refractivity contribution in [2.45, 2.75) is 18.5 Å². The van der Waals surface area contributed by atoms with Crippen LogP contribution in [0.4, 0.5) is 43.1 Å². The fourth-order valence-corrected chi connectivity index (χ4v) is 7.55. The van der Waals surface area contributed by atoms with Crippen molar-refractivity contribution in [3.8, 4) is 0 Å². The molecule has 4 nitrogen and oxygen atoms in total. The predicted molar refractivity (Wildman–Crippen MR) is 55.4 cm³/mol. The normalized spacial score (nSPS) is 33.1. The Kier molecular flexibility index (Phi) is 4.75. The van der Waals surface area contributed by atoms with E-state index < -0.39 is 41.5 Å². The van der Waals surface area contributed by atoms with Crippen LogP contribution in [-0.2, 0) is 4.52 Å². The average Bonchev–Trinajstić information content (AvgIpc) is 2.03. The molecule has 1 aliphatic heterocycles. The number of hydrogen-bond donors (Lipinski definition) is 0. The van der Waals surface area contributed by atoms with Crippen molar-refractivity contribution in [2.24, 2.45) is 13.5 Å². The second-order valence-corrected chi connectivity index (χ2v) is 9.41. The maximum atomic E-state index is 13.7. The second kappa shape index (κ2) is 5.25. The molecule has 0 saturated heterocycles. The van der Waals surface area contributed by atoms with E-state index in [4.69, 9.17) is 0 Å². The van der Waals surface area contributed by atoms with Gasteiger partial charge in [0.2, 0.25) is 7.52 Å². The van der Waals surface area contributed by atoms with Gasteiger partial charge in [-0.1, -0.05) is 0 Å². The van der Waals surface area contributed by atoms with Gasteiger partial charge in [-0.25, -0.2) is 0 Å². The van der Waals surface area contributed by atoms with E-state index >= 15 is 0 Å². The Morgan fingerprint density at radius 1 is 0.810 bits per heavy atom. The van der Waals surface area contributed by atoms with E-state index in [1.54, 1.807) is 4.52 Å². The third-order valence-electron chi connectivity index (χ3n) is 1.60. The number of rotatable bonds is 2. The number of halogens is 10. The van der Waals surface area contributed by atoms with Crippen molar-refractivity contribution in [3.05, 3.63) is 0 Å². The summed E-state index contributed by atoms with van der Waals surface area (Å²) in [5.41, 5.74) is 0. The van der Waals surface area contributed by atoms with Crippen molar-refractivity contribution in [2.75, 3.05) is 6.66 Å². The third-order valence-corrected chi connectivity index (χ3v) is 8.17. The highest BCUT2D eigenvalue weighted by atomic mass is 31.3. The van der Waals surface area contributed by atoms with Gasteiger partial charge < -0.3 is 0 Å². The summed E-state index contributed by atoms with van der Waals surface area (Å²) >= 11 is 0. The standard InChI is InChI=1S/C4H4F10N3OP3/c1-19(11)15-20(12,13)17-21(14,16-19)18-2(3(5,6)7)4(8,9)10/h2H,1H3. The Morgan fingerprint density at radius 3 is 1.57 bits per heavy atom. The molecular weight excluding hydrogens is 389 g/mol. The van der Waals surface area contributed by atoms with Gasteiger partial charge in [0.15, 0.2) is 0 Å². The van der Waals surface area contributed by atoms with Crippen LogP contribution < -0.4 is 0 Å². The molecule has 0 amide bonds. The Hall–Kier alpha value is -0.0500. The van der Waals surface area contributed by atoms with E-state index in [1.807, 2.05) is 0 Å². The summed E-state index contributed by atoms with van der Waals surface area (Å²) in [6.07, 6.45) is -17.1. The molecule has 2 atom stereocenters. The maximum Gasteiger partial charge on any atom is 0.424 e. The topological polar surface area (TPSA) is 46.3 Å². The zero-order valence-corrected chi connectivity index (χ0v) is 12.1. The lowest BCUT2D eigenvalue weighted by Gasteiger charge is -2.26. The number of hydrogen-bond acceptors (Lipinski definition) is 4. The Balaban J connectivity index is 3.37. The van der Waals surface area contributed by atoms with E-state index in [9.17, 15) is 43.1 Å². The van der Waals surface area contributed by atoms with Crippen LogP contribution in [0, 0.1) is 0 Å². The van der Waals surface area contributed by atoms with E-state index in [0.29, 0.717) is 0 Å². The van der Waals surface area contributed by atoms with E-state index in [-0.39, 0.29) is 6.66 Å². The predicted octanol–water partition coefficient (Wildman–Crippen LogP) is 6.94. The third kappa shape index (κ3) is 5.26. The number of alkyl halides is 6. The maximum absolute atomic E-state index is 13.7. The molecule has 2 unspecified atom stereocenters. The summed E-state index contributed by atoms with van der Waals surface area (Å²) < 4.78 is 135.